The molecule has 7 heteroatoms. The zero-order valence-corrected chi connectivity index (χ0v) is 15.7. The van der Waals surface area contributed by atoms with E-state index in [9.17, 15) is 9.18 Å². The summed E-state index contributed by atoms with van der Waals surface area (Å²) in [5.74, 6) is 0.127. The topological polar surface area (TPSA) is 64.1 Å². The molecule has 0 unspecified atom stereocenters. The van der Waals surface area contributed by atoms with Crippen molar-refractivity contribution in [1.29, 1.82) is 0 Å². The molecule has 1 atom stereocenters. The van der Waals surface area contributed by atoms with Crippen molar-refractivity contribution in [2.75, 3.05) is 0 Å². The lowest BCUT2D eigenvalue weighted by molar-refractivity contribution is -0.117. The van der Waals surface area contributed by atoms with Gasteiger partial charge in [-0.15, -0.1) is 0 Å². The van der Waals surface area contributed by atoms with Crippen molar-refractivity contribution >= 4 is 23.6 Å². The highest BCUT2D eigenvalue weighted by molar-refractivity contribution is 6.30. The summed E-state index contributed by atoms with van der Waals surface area (Å²) in [5.41, 5.74) is 1.13. The Morgan fingerprint density at radius 3 is 2.86 bits per heavy atom. The van der Waals surface area contributed by atoms with Crippen LogP contribution in [0.5, 0.6) is 11.6 Å². The predicted molar refractivity (Wildman–Crippen MR) is 106 cm³/mol. The van der Waals surface area contributed by atoms with Crippen molar-refractivity contribution in [3.8, 4) is 11.6 Å². The van der Waals surface area contributed by atoms with Gasteiger partial charge in [0.15, 0.2) is 0 Å². The SMILES string of the molecule is C[C@H](NC(=O)/C=C/c1ccc(Cl)cc1F)c1cccc(Oc2cnccn2)c1. The smallest absolute Gasteiger partial charge is 0.244 e. The average Bonchev–Trinajstić information content (AvgIpc) is 2.68. The van der Waals surface area contributed by atoms with E-state index < -0.39 is 5.82 Å². The normalized spacial score (nSPS) is 12.0. The lowest BCUT2D eigenvalue weighted by Crippen LogP contribution is -2.24. The van der Waals surface area contributed by atoms with Crippen LogP contribution in [0.1, 0.15) is 24.1 Å². The summed E-state index contributed by atoms with van der Waals surface area (Å²) in [4.78, 5) is 20.2. The van der Waals surface area contributed by atoms with Crippen LogP contribution < -0.4 is 10.1 Å². The van der Waals surface area contributed by atoms with Crippen molar-refractivity contribution < 1.29 is 13.9 Å². The van der Waals surface area contributed by atoms with Crippen LogP contribution in [0.3, 0.4) is 0 Å². The Hall–Kier alpha value is -3.25. The third-order valence-electron chi connectivity index (χ3n) is 3.86. The molecule has 2 aromatic carbocycles. The first kappa shape index (κ1) is 19.5. The molecular weight excluding hydrogens is 381 g/mol. The summed E-state index contributed by atoms with van der Waals surface area (Å²) in [6, 6.07) is 11.3. The van der Waals surface area contributed by atoms with Gasteiger partial charge < -0.3 is 10.1 Å². The van der Waals surface area contributed by atoms with Gasteiger partial charge >= 0.3 is 0 Å². The lowest BCUT2D eigenvalue weighted by atomic mass is 10.1. The van der Waals surface area contributed by atoms with Crippen LogP contribution in [0.15, 0.2) is 67.1 Å². The number of aromatic nitrogens is 2. The van der Waals surface area contributed by atoms with E-state index in [1.165, 1.54) is 36.7 Å². The second kappa shape index (κ2) is 9.10. The minimum absolute atomic E-state index is 0.280. The van der Waals surface area contributed by atoms with Gasteiger partial charge in [-0.1, -0.05) is 29.8 Å². The molecule has 0 bridgehead atoms. The molecule has 1 N–H and O–H groups in total. The second-order valence-corrected chi connectivity index (χ2v) is 6.38. The number of hydrogen-bond acceptors (Lipinski definition) is 4. The van der Waals surface area contributed by atoms with Gasteiger partial charge in [-0.05, 0) is 42.8 Å². The van der Waals surface area contributed by atoms with E-state index in [1.54, 1.807) is 18.3 Å². The largest absolute Gasteiger partial charge is 0.437 e. The number of nitrogens with zero attached hydrogens (tertiary/aromatic N) is 2. The van der Waals surface area contributed by atoms with Gasteiger partial charge in [0.1, 0.15) is 11.6 Å². The summed E-state index contributed by atoms with van der Waals surface area (Å²) >= 11 is 5.72. The summed E-state index contributed by atoms with van der Waals surface area (Å²) in [6.07, 6.45) is 7.30. The van der Waals surface area contributed by atoms with E-state index in [2.05, 4.69) is 15.3 Å². The molecule has 0 aliphatic carbocycles. The molecule has 0 saturated carbocycles. The molecule has 5 nitrogen and oxygen atoms in total. The molecular formula is C21H17ClFN3O2. The van der Waals surface area contributed by atoms with Gasteiger partial charge in [0, 0.05) is 29.1 Å². The maximum atomic E-state index is 13.8. The van der Waals surface area contributed by atoms with E-state index >= 15 is 0 Å². The predicted octanol–water partition coefficient (Wildman–Crippen LogP) is 4.95. The van der Waals surface area contributed by atoms with E-state index in [0.29, 0.717) is 16.7 Å². The number of rotatable bonds is 6. The highest BCUT2D eigenvalue weighted by Crippen LogP contribution is 2.23. The third kappa shape index (κ3) is 5.37. The number of hydrogen-bond donors (Lipinski definition) is 1. The molecule has 142 valence electrons. The molecule has 1 amide bonds. The first-order chi connectivity index (χ1) is 13.5. The Morgan fingerprint density at radius 1 is 1.25 bits per heavy atom. The average molecular weight is 398 g/mol. The fourth-order valence-corrected chi connectivity index (χ4v) is 2.61. The maximum absolute atomic E-state index is 13.8. The molecule has 1 heterocycles. The van der Waals surface area contributed by atoms with Crippen molar-refractivity contribution in [3.63, 3.8) is 0 Å². The van der Waals surface area contributed by atoms with Gasteiger partial charge in [-0.2, -0.15) is 0 Å². The zero-order chi connectivity index (χ0) is 19.9. The summed E-state index contributed by atoms with van der Waals surface area (Å²) in [6.45, 7) is 1.84. The van der Waals surface area contributed by atoms with Crippen LogP contribution >= 0.6 is 11.6 Å². The Morgan fingerprint density at radius 2 is 2.11 bits per heavy atom. The number of halogens is 2. The van der Waals surface area contributed by atoms with Crippen LogP contribution in [-0.2, 0) is 4.79 Å². The molecule has 0 aliphatic heterocycles. The Kier molecular flexibility index (Phi) is 6.34. The highest BCUT2D eigenvalue weighted by atomic mass is 35.5. The van der Waals surface area contributed by atoms with E-state index in [0.717, 1.165) is 5.56 Å². The number of amides is 1. The fourth-order valence-electron chi connectivity index (χ4n) is 2.45. The minimum Gasteiger partial charge on any atom is -0.437 e. The second-order valence-electron chi connectivity index (χ2n) is 5.95. The molecule has 0 aliphatic rings. The van der Waals surface area contributed by atoms with Crippen LogP contribution in [0, 0.1) is 5.82 Å². The first-order valence-corrected chi connectivity index (χ1v) is 8.86. The van der Waals surface area contributed by atoms with E-state index in [-0.39, 0.29) is 17.5 Å². The first-order valence-electron chi connectivity index (χ1n) is 8.49. The van der Waals surface area contributed by atoms with Crippen LogP contribution in [0.25, 0.3) is 6.08 Å². The molecule has 0 radical (unpaired) electrons. The molecule has 0 fully saturated rings. The molecule has 1 aromatic heterocycles. The molecule has 0 spiro atoms. The quantitative estimate of drug-likeness (QED) is 0.597. The van der Waals surface area contributed by atoms with Crippen LogP contribution in [0.4, 0.5) is 4.39 Å². The third-order valence-corrected chi connectivity index (χ3v) is 4.09. The summed E-state index contributed by atoms with van der Waals surface area (Å²) in [5, 5.41) is 3.13. The Labute approximate surface area is 166 Å². The monoisotopic (exact) mass is 397 g/mol. The number of carbonyl (C=O) groups excluding carboxylic acids is 1. The minimum atomic E-state index is -0.488. The number of nitrogens with one attached hydrogen (secondary N) is 1. The Balaban J connectivity index is 1.63. The van der Waals surface area contributed by atoms with E-state index in [4.69, 9.17) is 16.3 Å². The summed E-state index contributed by atoms with van der Waals surface area (Å²) < 4.78 is 19.4. The van der Waals surface area contributed by atoms with E-state index in [1.807, 2.05) is 25.1 Å². The van der Waals surface area contributed by atoms with Gasteiger partial charge in [0.05, 0.1) is 12.2 Å². The van der Waals surface area contributed by atoms with Crippen molar-refractivity contribution in [2.45, 2.75) is 13.0 Å². The summed E-state index contributed by atoms with van der Waals surface area (Å²) in [7, 11) is 0. The standard InChI is InChI=1S/C21H17ClFN3O2/c1-14(26-20(27)8-6-15-5-7-17(22)12-19(15)23)16-3-2-4-18(11-16)28-21-13-24-9-10-25-21/h2-14H,1H3,(H,26,27)/b8-6+/t14-/m0/s1. The fraction of sp³-hybridized carbons (Fsp3) is 0.0952. The Bertz CT molecular complexity index is 996. The molecule has 28 heavy (non-hydrogen) atoms. The van der Waals surface area contributed by atoms with Crippen molar-refractivity contribution in [2.24, 2.45) is 0 Å². The van der Waals surface area contributed by atoms with Gasteiger partial charge in [-0.25, -0.2) is 9.37 Å². The van der Waals surface area contributed by atoms with Crippen molar-refractivity contribution in [1.82, 2.24) is 15.3 Å². The van der Waals surface area contributed by atoms with Gasteiger partial charge in [0.25, 0.3) is 0 Å². The van der Waals surface area contributed by atoms with Gasteiger partial charge in [0.2, 0.25) is 11.8 Å². The number of benzene rings is 2. The molecule has 3 rings (SSSR count). The number of ether oxygens (including phenoxy) is 1. The van der Waals surface area contributed by atoms with Crippen molar-refractivity contribution in [3.05, 3.63) is 89.1 Å². The molecule has 0 saturated heterocycles. The maximum Gasteiger partial charge on any atom is 0.244 e. The lowest BCUT2D eigenvalue weighted by Gasteiger charge is -2.14. The van der Waals surface area contributed by atoms with Crippen LogP contribution in [0.2, 0.25) is 5.02 Å². The number of carbonyl (C=O) groups is 1. The van der Waals surface area contributed by atoms with Gasteiger partial charge in [-0.3, -0.25) is 9.78 Å². The molecule has 3 aromatic rings. The zero-order valence-electron chi connectivity index (χ0n) is 15.0. The highest BCUT2D eigenvalue weighted by Gasteiger charge is 2.09. The van der Waals surface area contributed by atoms with Crippen LogP contribution in [-0.4, -0.2) is 15.9 Å².